The van der Waals surface area contributed by atoms with E-state index in [4.69, 9.17) is 0 Å². The summed E-state index contributed by atoms with van der Waals surface area (Å²) in [4.78, 5) is 18.5. The van der Waals surface area contributed by atoms with E-state index >= 15 is 0 Å². The molecule has 4 nitrogen and oxygen atoms in total. The molecule has 1 aromatic carbocycles. The summed E-state index contributed by atoms with van der Waals surface area (Å²) < 4.78 is 13.5. The van der Waals surface area contributed by atoms with Gasteiger partial charge in [0.2, 0.25) is 0 Å². The van der Waals surface area contributed by atoms with Gasteiger partial charge in [-0.1, -0.05) is 19.1 Å². The summed E-state index contributed by atoms with van der Waals surface area (Å²) in [7, 11) is 0. The Labute approximate surface area is 110 Å². The highest BCUT2D eigenvalue weighted by molar-refractivity contribution is 5.55. The first-order chi connectivity index (χ1) is 9.10. The minimum absolute atomic E-state index is 0.237. The molecule has 1 aromatic heterocycles. The zero-order chi connectivity index (χ0) is 13.8. The fraction of sp³-hybridized carbons (Fsp3) is 0.286. The first kappa shape index (κ1) is 13.4. The van der Waals surface area contributed by atoms with E-state index in [0.717, 1.165) is 6.54 Å². The first-order valence-corrected chi connectivity index (χ1v) is 6.17. The van der Waals surface area contributed by atoms with Crippen molar-refractivity contribution in [2.24, 2.45) is 0 Å². The van der Waals surface area contributed by atoms with Crippen LogP contribution in [0, 0.1) is 12.7 Å². The fourth-order valence-electron chi connectivity index (χ4n) is 1.73. The molecular formula is C14H16FN3O. The molecule has 0 saturated carbocycles. The van der Waals surface area contributed by atoms with E-state index in [1.165, 1.54) is 12.1 Å². The minimum Gasteiger partial charge on any atom is -0.311 e. The molecule has 0 atom stereocenters. The van der Waals surface area contributed by atoms with Crippen LogP contribution in [-0.2, 0) is 6.54 Å². The van der Waals surface area contributed by atoms with Crippen LogP contribution in [0.4, 0.5) is 4.39 Å². The van der Waals surface area contributed by atoms with Crippen LogP contribution in [0.3, 0.4) is 0 Å². The quantitative estimate of drug-likeness (QED) is 0.885. The van der Waals surface area contributed by atoms with Gasteiger partial charge in [-0.2, -0.15) is 0 Å². The van der Waals surface area contributed by atoms with Crippen LogP contribution in [0.15, 0.2) is 29.1 Å². The van der Waals surface area contributed by atoms with Gasteiger partial charge in [-0.15, -0.1) is 0 Å². The van der Waals surface area contributed by atoms with Crippen LogP contribution in [-0.4, -0.2) is 16.5 Å². The number of nitrogens with zero attached hydrogens (tertiary/aromatic N) is 1. The smallest absolute Gasteiger partial charge is 0.251 e. The van der Waals surface area contributed by atoms with Gasteiger partial charge in [-0.25, -0.2) is 9.37 Å². The topological polar surface area (TPSA) is 57.8 Å². The van der Waals surface area contributed by atoms with E-state index in [1.807, 2.05) is 6.92 Å². The molecule has 0 aliphatic rings. The van der Waals surface area contributed by atoms with Gasteiger partial charge < -0.3 is 10.3 Å². The highest BCUT2D eigenvalue weighted by atomic mass is 19.1. The van der Waals surface area contributed by atoms with E-state index in [2.05, 4.69) is 15.3 Å². The summed E-state index contributed by atoms with van der Waals surface area (Å²) in [5.41, 5.74) is 1.54. The lowest BCUT2D eigenvalue weighted by atomic mass is 10.1. The zero-order valence-electron chi connectivity index (χ0n) is 11.0. The Morgan fingerprint density at radius 1 is 1.37 bits per heavy atom. The largest absolute Gasteiger partial charge is 0.311 e. The lowest BCUT2D eigenvalue weighted by molar-refractivity contribution is 0.619. The fourth-order valence-corrected chi connectivity index (χ4v) is 1.73. The van der Waals surface area contributed by atoms with Crippen molar-refractivity contribution in [2.45, 2.75) is 20.4 Å². The van der Waals surface area contributed by atoms with Crippen molar-refractivity contribution >= 4 is 0 Å². The second-order valence-corrected chi connectivity index (χ2v) is 4.33. The summed E-state index contributed by atoms with van der Waals surface area (Å²) in [6.07, 6.45) is 0. The van der Waals surface area contributed by atoms with Crippen molar-refractivity contribution in [3.63, 3.8) is 0 Å². The average molecular weight is 261 g/mol. The van der Waals surface area contributed by atoms with Gasteiger partial charge in [0.1, 0.15) is 11.6 Å². The molecule has 5 heteroatoms. The number of nitrogens with one attached hydrogen (secondary N) is 2. The maximum Gasteiger partial charge on any atom is 0.251 e. The Hall–Kier alpha value is -2.01. The molecule has 1 heterocycles. The minimum atomic E-state index is -0.308. The molecule has 0 radical (unpaired) electrons. The zero-order valence-corrected chi connectivity index (χ0v) is 11.0. The van der Waals surface area contributed by atoms with E-state index in [-0.39, 0.29) is 11.4 Å². The maximum absolute atomic E-state index is 13.5. The van der Waals surface area contributed by atoms with Gasteiger partial charge in [0.25, 0.3) is 5.56 Å². The van der Waals surface area contributed by atoms with Gasteiger partial charge in [-0.05, 0) is 25.1 Å². The van der Waals surface area contributed by atoms with E-state index < -0.39 is 0 Å². The van der Waals surface area contributed by atoms with Gasteiger partial charge in [-0.3, -0.25) is 4.79 Å². The third kappa shape index (κ3) is 3.26. The predicted molar refractivity (Wildman–Crippen MR) is 72.4 cm³/mol. The van der Waals surface area contributed by atoms with E-state index in [9.17, 15) is 9.18 Å². The molecule has 0 bridgehead atoms. The van der Waals surface area contributed by atoms with Crippen LogP contribution in [0.5, 0.6) is 0 Å². The molecule has 0 saturated heterocycles. The van der Waals surface area contributed by atoms with Crippen LogP contribution < -0.4 is 10.9 Å². The number of H-pyrrole nitrogens is 1. The molecule has 2 N–H and O–H groups in total. The number of aromatic amines is 1. The molecule has 2 aromatic rings. The second kappa shape index (κ2) is 5.75. The van der Waals surface area contributed by atoms with Crippen molar-refractivity contribution in [3.05, 3.63) is 51.7 Å². The number of aryl methyl sites for hydroxylation is 1. The Morgan fingerprint density at radius 3 is 2.84 bits per heavy atom. The third-order valence-electron chi connectivity index (χ3n) is 2.80. The molecule has 0 unspecified atom stereocenters. The van der Waals surface area contributed by atoms with Gasteiger partial charge in [0, 0.05) is 18.2 Å². The van der Waals surface area contributed by atoms with Crippen molar-refractivity contribution in [2.75, 3.05) is 6.54 Å². The number of aromatic nitrogens is 2. The predicted octanol–water partition coefficient (Wildman–Crippen LogP) is 1.99. The van der Waals surface area contributed by atoms with E-state index in [1.54, 1.807) is 19.1 Å². The summed E-state index contributed by atoms with van der Waals surface area (Å²) in [6.45, 7) is 4.98. The number of hydrogen-bond acceptors (Lipinski definition) is 3. The molecular weight excluding hydrogens is 245 g/mol. The number of rotatable bonds is 4. The summed E-state index contributed by atoms with van der Waals surface area (Å²) in [5.74, 6) is 0.0801. The lowest BCUT2D eigenvalue weighted by Crippen LogP contribution is -2.17. The molecule has 19 heavy (non-hydrogen) atoms. The Kier molecular flexibility index (Phi) is 4.06. The van der Waals surface area contributed by atoms with Crippen LogP contribution >= 0.6 is 0 Å². The maximum atomic E-state index is 13.5. The SMILES string of the molecule is CCNCc1cc(=O)[nH]c(-c2ccc(C)c(F)c2)n1. The standard InChI is InChI=1S/C14H16FN3O/c1-3-16-8-11-7-13(19)18-14(17-11)10-5-4-9(2)12(15)6-10/h4-7,16H,3,8H2,1-2H3,(H,17,18,19). The normalized spacial score (nSPS) is 10.7. The average Bonchev–Trinajstić information content (AvgIpc) is 2.39. The second-order valence-electron chi connectivity index (χ2n) is 4.33. The summed E-state index contributed by atoms with van der Waals surface area (Å²) >= 11 is 0. The van der Waals surface area contributed by atoms with Crippen molar-refractivity contribution in [1.82, 2.24) is 15.3 Å². The van der Waals surface area contributed by atoms with Gasteiger partial charge in [0.15, 0.2) is 0 Å². The summed E-state index contributed by atoms with van der Waals surface area (Å²) in [5, 5.41) is 3.10. The third-order valence-corrected chi connectivity index (χ3v) is 2.80. The van der Waals surface area contributed by atoms with Crippen LogP contribution in [0.1, 0.15) is 18.2 Å². The van der Waals surface area contributed by atoms with Crippen molar-refractivity contribution in [1.29, 1.82) is 0 Å². The Balaban J connectivity index is 2.40. The van der Waals surface area contributed by atoms with Crippen LogP contribution in [0.2, 0.25) is 0 Å². The number of hydrogen-bond donors (Lipinski definition) is 2. The monoisotopic (exact) mass is 261 g/mol. The Morgan fingerprint density at radius 2 is 2.16 bits per heavy atom. The molecule has 100 valence electrons. The van der Waals surface area contributed by atoms with Crippen molar-refractivity contribution in [3.8, 4) is 11.4 Å². The lowest BCUT2D eigenvalue weighted by Gasteiger charge is -2.06. The molecule has 0 fully saturated rings. The molecule has 2 rings (SSSR count). The summed E-state index contributed by atoms with van der Waals surface area (Å²) in [6, 6.07) is 6.23. The highest BCUT2D eigenvalue weighted by Crippen LogP contribution is 2.17. The molecule has 0 aliphatic carbocycles. The van der Waals surface area contributed by atoms with Gasteiger partial charge in [0.05, 0.1) is 5.69 Å². The Bertz CT molecular complexity index is 637. The van der Waals surface area contributed by atoms with Gasteiger partial charge >= 0.3 is 0 Å². The van der Waals surface area contributed by atoms with Crippen molar-refractivity contribution < 1.29 is 4.39 Å². The number of halogens is 1. The first-order valence-electron chi connectivity index (χ1n) is 6.17. The van der Waals surface area contributed by atoms with E-state index in [0.29, 0.717) is 29.2 Å². The molecule has 0 spiro atoms. The highest BCUT2D eigenvalue weighted by Gasteiger charge is 2.06. The number of benzene rings is 1. The van der Waals surface area contributed by atoms with Crippen LogP contribution in [0.25, 0.3) is 11.4 Å². The molecule has 0 aliphatic heterocycles. The molecule has 0 amide bonds.